The molecule has 0 saturated carbocycles. The third-order valence-corrected chi connectivity index (χ3v) is 4.58. The highest BCUT2D eigenvalue weighted by Gasteiger charge is 2.18. The number of benzene rings is 2. The van der Waals surface area contributed by atoms with E-state index < -0.39 is 23.0 Å². The van der Waals surface area contributed by atoms with E-state index in [-0.39, 0.29) is 29.0 Å². The maximum Gasteiger partial charge on any atom is 0.279 e. The number of aromatic amines is 1. The molecule has 0 unspecified atom stereocenters. The molecule has 2 aromatic heterocycles. The minimum atomic E-state index is -1.05. The van der Waals surface area contributed by atoms with Crippen LogP contribution in [0.3, 0.4) is 0 Å². The van der Waals surface area contributed by atoms with Crippen molar-refractivity contribution in [2.75, 3.05) is 0 Å². The second-order valence-corrected chi connectivity index (χ2v) is 6.65. The summed E-state index contributed by atoms with van der Waals surface area (Å²) in [6, 6.07) is 8.05. The topological polar surface area (TPSA) is 63.6 Å². The predicted molar refractivity (Wildman–Crippen MR) is 98.7 cm³/mol. The summed E-state index contributed by atoms with van der Waals surface area (Å²) in [5, 5.41) is 0.559. The van der Waals surface area contributed by atoms with Gasteiger partial charge in [-0.15, -0.1) is 0 Å². The maximum atomic E-state index is 13.9. The molecule has 0 fully saturated rings. The van der Waals surface area contributed by atoms with Gasteiger partial charge < -0.3 is 9.55 Å². The monoisotopic (exact) mass is 404 g/mol. The van der Waals surface area contributed by atoms with Crippen molar-refractivity contribution in [1.82, 2.24) is 19.5 Å². The van der Waals surface area contributed by atoms with Crippen LogP contribution in [-0.2, 0) is 13.5 Å². The molecule has 0 aliphatic rings. The third kappa shape index (κ3) is 3.16. The van der Waals surface area contributed by atoms with Crippen LogP contribution in [0.4, 0.5) is 13.2 Å². The first-order valence-electron chi connectivity index (χ1n) is 8.18. The van der Waals surface area contributed by atoms with Gasteiger partial charge in [0.1, 0.15) is 29.1 Å². The molecule has 4 aromatic rings. The number of halogens is 4. The van der Waals surface area contributed by atoms with Crippen LogP contribution < -0.4 is 5.56 Å². The van der Waals surface area contributed by atoms with Crippen molar-refractivity contribution in [3.05, 3.63) is 80.6 Å². The molecule has 0 radical (unpaired) electrons. The van der Waals surface area contributed by atoms with Crippen LogP contribution in [0, 0.1) is 17.5 Å². The van der Waals surface area contributed by atoms with E-state index in [4.69, 9.17) is 11.6 Å². The molecule has 0 amide bonds. The van der Waals surface area contributed by atoms with Crippen LogP contribution in [0.1, 0.15) is 11.4 Å². The third-order valence-electron chi connectivity index (χ3n) is 4.33. The standard InChI is InChI=1S/C19H12ClF3N4O/c1-27-17(9-2-4-10(20)5-3-9)26-16-18(27)24-15(25-19(16)28)8-12-13(22)6-11(21)7-14(12)23/h2-7H,8H2,1H3,(H,24,25,28). The van der Waals surface area contributed by atoms with E-state index in [2.05, 4.69) is 15.0 Å². The number of H-pyrrole nitrogens is 1. The summed E-state index contributed by atoms with van der Waals surface area (Å²) >= 11 is 5.90. The Labute approximate surface area is 161 Å². The number of rotatable bonds is 3. The fraction of sp³-hybridized carbons (Fsp3) is 0.105. The molecular weight excluding hydrogens is 393 g/mol. The average Bonchev–Trinajstić information content (AvgIpc) is 2.96. The Morgan fingerprint density at radius 3 is 2.36 bits per heavy atom. The number of fused-ring (bicyclic) bond motifs is 1. The molecule has 5 nitrogen and oxygen atoms in total. The van der Waals surface area contributed by atoms with Gasteiger partial charge in [-0.05, 0) is 24.3 Å². The van der Waals surface area contributed by atoms with Gasteiger partial charge in [0.25, 0.3) is 5.56 Å². The number of aryl methyl sites for hydroxylation is 1. The first kappa shape index (κ1) is 18.2. The second kappa shape index (κ2) is 6.79. The Kier molecular flexibility index (Phi) is 4.43. The molecule has 0 spiro atoms. The lowest BCUT2D eigenvalue weighted by Crippen LogP contribution is -2.14. The lowest BCUT2D eigenvalue weighted by atomic mass is 10.1. The molecule has 1 N–H and O–H groups in total. The van der Waals surface area contributed by atoms with E-state index in [1.807, 2.05) is 0 Å². The number of nitrogens with one attached hydrogen (secondary N) is 1. The van der Waals surface area contributed by atoms with Crippen LogP contribution in [0.5, 0.6) is 0 Å². The molecule has 4 rings (SSSR count). The average molecular weight is 405 g/mol. The molecule has 0 aliphatic heterocycles. The summed E-state index contributed by atoms with van der Waals surface area (Å²) in [6.07, 6.45) is -0.343. The van der Waals surface area contributed by atoms with Crippen molar-refractivity contribution >= 4 is 22.8 Å². The van der Waals surface area contributed by atoms with E-state index in [1.165, 1.54) is 0 Å². The summed E-state index contributed by atoms with van der Waals surface area (Å²) in [5.74, 6) is -2.59. The van der Waals surface area contributed by atoms with Gasteiger partial charge in [0.2, 0.25) is 0 Å². The highest BCUT2D eigenvalue weighted by molar-refractivity contribution is 6.30. The first-order chi connectivity index (χ1) is 13.3. The normalized spacial score (nSPS) is 11.3. The molecule has 28 heavy (non-hydrogen) atoms. The summed E-state index contributed by atoms with van der Waals surface area (Å²) < 4.78 is 42.5. The molecule has 142 valence electrons. The van der Waals surface area contributed by atoms with Gasteiger partial charge in [0.05, 0.1) is 0 Å². The summed E-state index contributed by atoms with van der Waals surface area (Å²) in [7, 11) is 1.68. The molecule has 0 saturated heterocycles. The lowest BCUT2D eigenvalue weighted by Gasteiger charge is -2.06. The molecule has 9 heteroatoms. The highest BCUT2D eigenvalue weighted by atomic mass is 35.5. The zero-order valence-electron chi connectivity index (χ0n) is 14.4. The highest BCUT2D eigenvalue weighted by Crippen LogP contribution is 2.23. The maximum absolute atomic E-state index is 13.9. The van der Waals surface area contributed by atoms with E-state index >= 15 is 0 Å². The van der Waals surface area contributed by atoms with E-state index in [9.17, 15) is 18.0 Å². The predicted octanol–water partition coefficient (Wildman–Crippen LogP) is 3.99. The van der Waals surface area contributed by atoms with Crippen LogP contribution in [0.2, 0.25) is 5.02 Å². The fourth-order valence-electron chi connectivity index (χ4n) is 2.97. The van der Waals surface area contributed by atoms with Crippen molar-refractivity contribution in [3.63, 3.8) is 0 Å². The van der Waals surface area contributed by atoms with Gasteiger partial charge >= 0.3 is 0 Å². The van der Waals surface area contributed by atoms with Crippen molar-refractivity contribution in [1.29, 1.82) is 0 Å². The largest absolute Gasteiger partial charge is 0.312 e. The summed E-state index contributed by atoms with van der Waals surface area (Å²) in [4.78, 5) is 23.5. The molecule has 0 bridgehead atoms. The van der Waals surface area contributed by atoms with E-state index in [1.54, 1.807) is 35.9 Å². The number of hydrogen-bond donors (Lipinski definition) is 1. The minimum absolute atomic E-state index is 0.0348. The minimum Gasteiger partial charge on any atom is -0.312 e. The second-order valence-electron chi connectivity index (χ2n) is 6.21. The van der Waals surface area contributed by atoms with Gasteiger partial charge in [-0.1, -0.05) is 11.6 Å². The molecule has 0 aliphatic carbocycles. The van der Waals surface area contributed by atoms with Gasteiger partial charge in [-0.3, -0.25) is 4.79 Å². The van der Waals surface area contributed by atoms with Crippen molar-refractivity contribution in [2.24, 2.45) is 7.05 Å². The molecule has 0 atom stereocenters. The Morgan fingerprint density at radius 2 is 1.71 bits per heavy atom. The van der Waals surface area contributed by atoms with Crippen LogP contribution in [0.15, 0.2) is 41.2 Å². The zero-order valence-corrected chi connectivity index (χ0v) is 15.2. The molecular formula is C19H12ClF3N4O. The van der Waals surface area contributed by atoms with E-state index in [0.29, 0.717) is 23.0 Å². The lowest BCUT2D eigenvalue weighted by molar-refractivity contribution is 0.526. The number of hydrogen-bond acceptors (Lipinski definition) is 3. The number of aromatic nitrogens is 4. The number of imidazole rings is 1. The van der Waals surface area contributed by atoms with Gasteiger partial charge in [0, 0.05) is 41.8 Å². The van der Waals surface area contributed by atoms with E-state index in [0.717, 1.165) is 5.56 Å². The van der Waals surface area contributed by atoms with Crippen LogP contribution in [0.25, 0.3) is 22.6 Å². The smallest absolute Gasteiger partial charge is 0.279 e. The van der Waals surface area contributed by atoms with Gasteiger partial charge in [0.15, 0.2) is 11.2 Å². The van der Waals surface area contributed by atoms with Crippen molar-refractivity contribution < 1.29 is 13.2 Å². The Bertz CT molecular complexity index is 1240. The van der Waals surface area contributed by atoms with Crippen molar-refractivity contribution in [2.45, 2.75) is 6.42 Å². The Morgan fingerprint density at radius 1 is 1.07 bits per heavy atom. The molecule has 2 aromatic carbocycles. The Balaban J connectivity index is 1.82. The summed E-state index contributed by atoms with van der Waals surface area (Å²) in [5.41, 5.74) is 0.145. The van der Waals surface area contributed by atoms with Gasteiger partial charge in [-0.25, -0.2) is 23.1 Å². The quantitative estimate of drug-likeness (QED) is 0.561. The Hall–Kier alpha value is -3.13. The number of nitrogens with zero attached hydrogens (tertiary/aromatic N) is 3. The summed E-state index contributed by atoms with van der Waals surface area (Å²) in [6.45, 7) is 0. The fourth-order valence-corrected chi connectivity index (χ4v) is 3.09. The van der Waals surface area contributed by atoms with Crippen LogP contribution >= 0.6 is 11.6 Å². The molecule has 2 heterocycles. The van der Waals surface area contributed by atoms with Crippen molar-refractivity contribution in [3.8, 4) is 11.4 Å². The first-order valence-corrected chi connectivity index (χ1v) is 8.56. The SMILES string of the molecule is Cn1c(-c2ccc(Cl)cc2)nc2c(=O)[nH]c(Cc3c(F)cc(F)cc3F)nc21. The van der Waals surface area contributed by atoms with Gasteiger partial charge in [-0.2, -0.15) is 0 Å². The zero-order chi connectivity index (χ0) is 20.0. The van der Waals surface area contributed by atoms with Crippen LogP contribution in [-0.4, -0.2) is 19.5 Å².